The molecule has 2 rings (SSSR count). The zero-order valence-electron chi connectivity index (χ0n) is 13.1. The van der Waals surface area contributed by atoms with E-state index >= 15 is 0 Å². The number of nitrogens with one attached hydrogen (secondary N) is 1. The number of fused-ring (bicyclic) bond motifs is 1. The number of hydrogen-bond donors (Lipinski definition) is 1. The van der Waals surface area contributed by atoms with E-state index in [0.29, 0.717) is 31.1 Å². The molecule has 0 radical (unpaired) electrons. The average molecular weight is 305 g/mol. The minimum absolute atomic E-state index is 0.244. The Labute approximate surface area is 131 Å². The molecule has 0 spiro atoms. The van der Waals surface area contributed by atoms with Crippen LogP contribution in [0.3, 0.4) is 0 Å². The van der Waals surface area contributed by atoms with Crippen LogP contribution in [-0.2, 0) is 20.7 Å². The smallest absolute Gasteiger partial charge is 0.339 e. The number of amides is 1. The van der Waals surface area contributed by atoms with Crippen LogP contribution in [0.4, 0.5) is 0 Å². The van der Waals surface area contributed by atoms with Crippen molar-refractivity contribution in [2.75, 3.05) is 19.8 Å². The molecule has 0 saturated heterocycles. The van der Waals surface area contributed by atoms with Crippen molar-refractivity contribution in [3.05, 3.63) is 35.4 Å². The fourth-order valence-corrected chi connectivity index (χ4v) is 2.30. The van der Waals surface area contributed by atoms with E-state index in [2.05, 4.69) is 19.2 Å². The van der Waals surface area contributed by atoms with Gasteiger partial charge in [-0.05, 0) is 24.0 Å². The number of ether oxygens (including phenoxy) is 2. The van der Waals surface area contributed by atoms with E-state index in [1.54, 1.807) is 12.1 Å². The first-order valence-corrected chi connectivity index (χ1v) is 7.72. The highest BCUT2D eigenvalue weighted by molar-refractivity contribution is 5.95. The molecule has 1 N–H and O–H groups in total. The van der Waals surface area contributed by atoms with Gasteiger partial charge in [0.2, 0.25) is 0 Å². The summed E-state index contributed by atoms with van der Waals surface area (Å²) in [6.07, 6.45) is 0.437. The lowest BCUT2D eigenvalue weighted by Gasteiger charge is -2.23. The summed E-state index contributed by atoms with van der Waals surface area (Å²) in [6, 6.07) is 7.23. The van der Waals surface area contributed by atoms with Crippen molar-refractivity contribution in [3.8, 4) is 0 Å². The van der Waals surface area contributed by atoms with Gasteiger partial charge in [0, 0.05) is 26.2 Å². The van der Waals surface area contributed by atoms with Gasteiger partial charge in [0.05, 0.1) is 5.56 Å². The third-order valence-corrected chi connectivity index (χ3v) is 3.40. The number of carbonyl (C=O) groups is 2. The minimum atomic E-state index is -0.737. The van der Waals surface area contributed by atoms with E-state index in [1.165, 1.54) is 0 Å². The van der Waals surface area contributed by atoms with Crippen molar-refractivity contribution >= 4 is 11.9 Å². The lowest BCUT2D eigenvalue weighted by molar-refractivity contribution is -0.130. The fourth-order valence-electron chi connectivity index (χ4n) is 2.30. The normalized spacial score (nSPS) is 17.0. The summed E-state index contributed by atoms with van der Waals surface area (Å²) in [5, 5.41) is 2.80. The second-order valence-electron chi connectivity index (χ2n) is 5.87. The van der Waals surface area contributed by atoms with Gasteiger partial charge >= 0.3 is 5.97 Å². The van der Waals surface area contributed by atoms with Crippen LogP contribution in [0.2, 0.25) is 0 Å². The molecule has 5 nitrogen and oxygen atoms in total. The van der Waals surface area contributed by atoms with Gasteiger partial charge < -0.3 is 14.8 Å². The summed E-state index contributed by atoms with van der Waals surface area (Å²) in [6.45, 7) is 6.05. The molecule has 0 saturated carbocycles. The Morgan fingerprint density at radius 2 is 2.18 bits per heavy atom. The number of carbonyl (C=O) groups excluding carboxylic acids is 2. The van der Waals surface area contributed by atoms with E-state index in [4.69, 9.17) is 9.47 Å². The van der Waals surface area contributed by atoms with E-state index < -0.39 is 12.1 Å². The van der Waals surface area contributed by atoms with E-state index in [1.807, 2.05) is 12.1 Å². The van der Waals surface area contributed by atoms with Crippen LogP contribution in [0, 0.1) is 5.92 Å². The molecule has 1 amide bonds. The van der Waals surface area contributed by atoms with Gasteiger partial charge in [0.1, 0.15) is 0 Å². The maximum Gasteiger partial charge on any atom is 0.339 e. The van der Waals surface area contributed by atoms with Gasteiger partial charge in [-0.25, -0.2) is 4.79 Å². The highest BCUT2D eigenvalue weighted by Gasteiger charge is 2.30. The maximum absolute atomic E-state index is 12.1. The Balaban J connectivity index is 1.74. The molecule has 22 heavy (non-hydrogen) atoms. The van der Waals surface area contributed by atoms with Crippen LogP contribution in [0.5, 0.6) is 0 Å². The van der Waals surface area contributed by atoms with E-state index in [0.717, 1.165) is 18.6 Å². The van der Waals surface area contributed by atoms with Crippen molar-refractivity contribution in [1.29, 1.82) is 0 Å². The van der Waals surface area contributed by atoms with Gasteiger partial charge in [-0.1, -0.05) is 32.0 Å². The van der Waals surface area contributed by atoms with E-state index in [-0.39, 0.29) is 5.91 Å². The Morgan fingerprint density at radius 3 is 2.95 bits per heavy atom. The van der Waals surface area contributed by atoms with Crippen molar-refractivity contribution in [2.24, 2.45) is 5.92 Å². The van der Waals surface area contributed by atoms with Gasteiger partial charge in [-0.2, -0.15) is 0 Å². The molecule has 1 aliphatic rings. The second kappa shape index (κ2) is 7.94. The summed E-state index contributed by atoms with van der Waals surface area (Å²) in [5.74, 6) is -0.162. The minimum Gasteiger partial charge on any atom is -0.448 e. The van der Waals surface area contributed by atoms with Gasteiger partial charge in [0.15, 0.2) is 6.10 Å². The second-order valence-corrected chi connectivity index (χ2v) is 5.87. The molecule has 120 valence electrons. The molecule has 0 fully saturated rings. The summed E-state index contributed by atoms with van der Waals surface area (Å²) < 4.78 is 10.7. The standard InChI is InChI=1S/C17H23NO4/c1-12(2)11-21-9-5-8-18-16(19)15-10-13-6-3-4-7-14(13)17(20)22-15/h3-4,6-7,12,15H,5,8-11H2,1-2H3,(H,18,19). The van der Waals surface area contributed by atoms with Crippen LogP contribution >= 0.6 is 0 Å². The van der Waals surface area contributed by atoms with Crippen LogP contribution in [0.15, 0.2) is 24.3 Å². The SMILES string of the molecule is CC(C)COCCCNC(=O)C1Cc2ccccc2C(=O)O1. The van der Waals surface area contributed by atoms with Crippen molar-refractivity contribution in [3.63, 3.8) is 0 Å². The largest absolute Gasteiger partial charge is 0.448 e. The first-order valence-electron chi connectivity index (χ1n) is 7.72. The molecular formula is C17H23NO4. The predicted molar refractivity (Wildman–Crippen MR) is 82.6 cm³/mol. The lowest BCUT2D eigenvalue weighted by atomic mass is 9.98. The monoisotopic (exact) mass is 305 g/mol. The van der Waals surface area contributed by atoms with Gasteiger partial charge in [0.25, 0.3) is 5.91 Å². The van der Waals surface area contributed by atoms with E-state index in [9.17, 15) is 9.59 Å². The Hall–Kier alpha value is -1.88. The zero-order valence-corrected chi connectivity index (χ0v) is 13.1. The summed E-state index contributed by atoms with van der Waals surface area (Å²) >= 11 is 0. The molecule has 1 aromatic rings. The third-order valence-electron chi connectivity index (χ3n) is 3.40. The van der Waals surface area contributed by atoms with Gasteiger partial charge in [-0.3, -0.25) is 4.79 Å². The number of cyclic esters (lactones) is 1. The number of hydrogen-bond acceptors (Lipinski definition) is 4. The quantitative estimate of drug-likeness (QED) is 0.618. The molecule has 1 aromatic carbocycles. The predicted octanol–water partition coefficient (Wildman–Crippen LogP) is 1.95. The number of esters is 1. The maximum atomic E-state index is 12.1. The molecule has 0 aliphatic carbocycles. The summed E-state index contributed by atoms with van der Waals surface area (Å²) in [5.41, 5.74) is 1.41. The molecule has 1 atom stereocenters. The summed E-state index contributed by atoms with van der Waals surface area (Å²) in [4.78, 5) is 23.9. The van der Waals surface area contributed by atoms with Crippen LogP contribution in [0.25, 0.3) is 0 Å². The molecule has 0 aromatic heterocycles. The molecule has 0 bridgehead atoms. The summed E-state index contributed by atoms with van der Waals surface area (Å²) in [7, 11) is 0. The highest BCUT2D eigenvalue weighted by atomic mass is 16.5. The molecule has 1 unspecified atom stereocenters. The van der Waals surface area contributed by atoms with Crippen LogP contribution in [0.1, 0.15) is 36.2 Å². The third kappa shape index (κ3) is 4.56. The first-order chi connectivity index (χ1) is 10.6. The molecular weight excluding hydrogens is 282 g/mol. The Morgan fingerprint density at radius 1 is 1.41 bits per heavy atom. The topological polar surface area (TPSA) is 64.6 Å². The Kier molecular flexibility index (Phi) is 5.95. The van der Waals surface area contributed by atoms with Crippen molar-refractivity contribution in [1.82, 2.24) is 5.32 Å². The number of benzene rings is 1. The first kappa shape index (κ1) is 16.5. The number of rotatable bonds is 7. The Bertz CT molecular complexity index is 527. The fraction of sp³-hybridized carbons (Fsp3) is 0.529. The van der Waals surface area contributed by atoms with Crippen LogP contribution in [-0.4, -0.2) is 37.7 Å². The zero-order chi connectivity index (χ0) is 15.9. The van der Waals surface area contributed by atoms with Crippen molar-refractivity contribution in [2.45, 2.75) is 32.8 Å². The average Bonchev–Trinajstić information content (AvgIpc) is 2.50. The molecule has 1 heterocycles. The highest BCUT2D eigenvalue weighted by Crippen LogP contribution is 2.20. The lowest BCUT2D eigenvalue weighted by Crippen LogP contribution is -2.42. The van der Waals surface area contributed by atoms with Crippen LogP contribution < -0.4 is 5.32 Å². The van der Waals surface area contributed by atoms with Crippen molar-refractivity contribution < 1.29 is 19.1 Å². The molecule has 1 aliphatic heterocycles. The van der Waals surface area contributed by atoms with Gasteiger partial charge in [-0.15, -0.1) is 0 Å². The molecule has 5 heteroatoms.